The Bertz CT molecular complexity index is 1140. The number of sulfone groups is 1. The predicted molar refractivity (Wildman–Crippen MR) is 119 cm³/mol. The molecule has 1 aromatic heterocycles. The van der Waals surface area contributed by atoms with Crippen molar-refractivity contribution < 1.29 is 18.1 Å². The number of aromatic nitrogens is 1. The van der Waals surface area contributed by atoms with E-state index in [0.29, 0.717) is 28.2 Å². The lowest BCUT2D eigenvalue weighted by molar-refractivity contribution is -0.347. The molecule has 0 spiro atoms. The van der Waals surface area contributed by atoms with Crippen LogP contribution in [-0.2, 0) is 9.84 Å². The lowest BCUT2D eigenvalue weighted by Crippen LogP contribution is -2.39. The minimum Gasteiger partial charge on any atom is -0.494 e. The van der Waals surface area contributed by atoms with Crippen LogP contribution in [0, 0.1) is 11.8 Å². The second-order valence-electron chi connectivity index (χ2n) is 8.31. The van der Waals surface area contributed by atoms with Crippen molar-refractivity contribution in [3.8, 4) is 5.75 Å². The van der Waals surface area contributed by atoms with Crippen LogP contribution >= 0.6 is 0 Å². The number of hydrogen-bond acceptors (Lipinski definition) is 4. The van der Waals surface area contributed by atoms with E-state index in [1.54, 1.807) is 30.5 Å². The average Bonchev–Trinajstić information content (AvgIpc) is 2.73. The quantitative estimate of drug-likeness (QED) is 0.609. The highest BCUT2D eigenvalue weighted by molar-refractivity contribution is 7.91. The van der Waals surface area contributed by atoms with Gasteiger partial charge >= 0.3 is 0 Å². The number of piperidine rings is 1. The molecule has 0 amide bonds. The fourth-order valence-corrected chi connectivity index (χ4v) is 6.03. The highest BCUT2D eigenvalue weighted by Gasteiger charge is 2.32. The first-order valence-electron chi connectivity index (χ1n) is 10.6. The van der Waals surface area contributed by atoms with Crippen LogP contribution in [-0.4, -0.2) is 28.1 Å². The number of benzene rings is 2. The van der Waals surface area contributed by atoms with Gasteiger partial charge in [-0.15, -0.1) is 0 Å². The largest absolute Gasteiger partial charge is 0.494 e. The van der Waals surface area contributed by atoms with Gasteiger partial charge in [0, 0.05) is 19.2 Å². The third kappa shape index (κ3) is 3.88. The highest BCUT2D eigenvalue weighted by atomic mass is 32.2. The molecule has 2 aromatic carbocycles. The Morgan fingerprint density at radius 3 is 2.43 bits per heavy atom. The van der Waals surface area contributed by atoms with Gasteiger partial charge in [-0.3, -0.25) is 0 Å². The third-order valence-electron chi connectivity index (χ3n) is 5.68. The van der Waals surface area contributed by atoms with Crippen LogP contribution in [0.25, 0.3) is 10.9 Å². The molecule has 0 saturated carbocycles. The SMILES string of the molecule is CCOc1ccc2[nH+]cc(S(=O)(=O)c3ccccc3)c(N3C[C@@H](C)C[C@H](C)C3)c2c1. The summed E-state index contributed by atoms with van der Waals surface area (Å²) >= 11 is 0. The van der Waals surface area contributed by atoms with Crippen molar-refractivity contribution >= 4 is 26.4 Å². The summed E-state index contributed by atoms with van der Waals surface area (Å²) in [7, 11) is -3.68. The molecule has 4 rings (SSSR count). The number of rotatable bonds is 5. The van der Waals surface area contributed by atoms with Crippen LogP contribution < -0.4 is 14.6 Å². The van der Waals surface area contributed by atoms with Crippen LogP contribution in [0.3, 0.4) is 0 Å². The second kappa shape index (κ2) is 8.26. The summed E-state index contributed by atoms with van der Waals surface area (Å²) in [6.07, 6.45) is 2.79. The number of anilines is 1. The lowest BCUT2D eigenvalue weighted by Gasteiger charge is -2.37. The van der Waals surface area contributed by atoms with Crippen LogP contribution in [0.15, 0.2) is 64.5 Å². The van der Waals surface area contributed by atoms with Crippen LogP contribution in [0.2, 0.25) is 0 Å². The molecule has 1 fully saturated rings. The van der Waals surface area contributed by atoms with E-state index in [4.69, 9.17) is 4.74 Å². The molecule has 0 bridgehead atoms. The van der Waals surface area contributed by atoms with E-state index in [1.165, 1.54) is 0 Å². The molecule has 1 aliphatic heterocycles. The Hall–Kier alpha value is -2.60. The molecule has 2 heterocycles. The second-order valence-corrected chi connectivity index (χ2v) is 10.2. The maximum Gasteiger partial charge on any atom is 0.214 e. The number of pyridine rings is 1. The number of nitrogens with one attached hydrogen (secondary N) is 1. The predicted octanol–water partition coefficient (Wildman–Crippen LogP) is 4.37. The van der Waals surface area contributed by atoms with Gasteiger partial charge in [0.2, 0.25) is 15.4 Å². The molecule has 1 saturated heterocycles. The molecule has 3 aromatic rings. The van der Waals surface area contributed by atoms with Gasteiger partial charge < -0.3 is 9.64 Å². The van der Waals surface area contributed by atoms with Crippen molar-refractivity contribution in [3.63, 3.8) is 0 Å². The van der Waals surface area contributed by atoms with Crippen LogP contribution in [0.1, 0.15) is 27.2 Å². The third-order valence-corrected chi connectivity index (χ3v) is 7.46. The van der Waals surface area contributed by atoms with E-state index >= 15 is 0 Å². The fourth-order valence-electron chi connectivity index (χ4n) is 4.55. The van der Waals surface area contributed by atoms with Crippen molar-refractivity contribution in [1.82, 2.24) is 0 Å². The zero-order valence-electron chi connectivity index (χ0n) is 17.8. The van der Waals surface area contributed by atoms with Gasteiger partial charge in [-0.25, -0.2) is 13.4 Å². The molecule has 0 radical (unpaired) electrons. The van der Waals surface area contributed by atoms with E-state index in [1.807, 2.05) is 31.2 Å². The van der Waals surface area contributed by atoms with E-state index in [-0.39, 0.29) is 0 Å². The lowest BCUT2D eigenvalue weighted by atomic mass is 9.91. The summed E-state index contributed by atoms with van der Waals surface area (Å²) in [6, 6.07) is 14.5. The van der Waals surface area contributed by atoms with Crippen molar-refractivity contribution in [3.05, 3.63) is 54.7 Å². The Morgan fingerprint density at radius 2 is 1.77 bits per heavy atom. The summed E-state index contributed by atoms with van der Waals surface area (Å²) < 4.78 is 33.0. The van der Waals surface area contributed by atoms with Crippen molar-refractivity contribution in [1.29, 1.82) is 0 Å². The Balaban J connectivity index is 1.98. The monoisotopic (exact) mass is 425 g/mol. The zero-order chi connectivity index (χ0) is 21.3. The minimum atomic E-state index is -3.68. The Kier molecular flexibility index (Phi) is 5.69. The average molecular weight is 426 g/mol. The Labute approximate surface area is 178 Å². The Morgan fingerprint density at radius 1 is 1.07 bits per heavy atom. The van der Waals surface area contributed by atoms with Crippen molar-refractivity contribution in [2.24, 2.45) is 11.8 Å². The van der Waals surface area contributed by atoms with Crippen LogP contribution in [0.4, 0.5) is 5.69 Å². The topological polar surface area (TPSA) is 60.8 Å². The molecular formula is C24H29N2O3S+. The normalized spacial score (nSPS) is 19.8. The zero-order valence-corrected chi connectivity index (χ0v) is 18.6. The summed E-state index contributed by atoms with van der Waals surface area (Å²) in [5.41, 5.74) is 1.67. The van der Waals surface area contributed by atoms with E-state index < -0.39 is 9.84 Å². The molecule has 1 aliphatic rings. The number of nitrogens with zero attached hydrogens (tertiary/aromatic N) is 1. The number of fused-ring (bicyclic) bond motifs is 1. The van der Waals surface area contributed by atoms with Gasteiger partial charge in [-0.05, 0) is 49.4 Å². The molecule has 158 valence electrons. The summed E-state index contributed by atoms with van der Waals surface area (Å²) in [4.78, 5) is 6.08. The van der Waals surface area contributed by atoms with Gasteiger partial charge in [0.25, 0.3) is 0 Å². The van der Waals surface area contributed by atoms with Gasteiger partial charge in [0.15, 0.2) is 11.1 Å². The molecular weight excluding hydrogens is 396 g/mol. The van der Waals surface area contributed by atoms with Gasteiger partial charge in [0.1, 0.15) is 5.75 Å². The molecule has 2 atom stereocenters. The van der Waals surface area contributed by atoms with Crippen molar-refractivity contribution in [2.45, 2.75) is 37.0 Å². The number of ether oxygens (including phenoxy) is 1. The number of aromatic amines is 1. The smallest absolute Gasteiger partial charge is 0.214 e. The molecule has 0 unspecified atom stereocenters. The maximum atomic E-state index is 13.6. The summed E-state index contributed by atoms with van der Waals surface area (Å²) in [5.74, 6) is 1.73. The molecule has 0 aliphatic carbocycles. The van der Waals surface area contributed by atoms with E-state index in [2.05, 4.69) is 23.7 Å². The van der Waals surface area contributed by atoms with Gasteiger partial charge in [-0.2, -0.15) is 0 Å². The minimum absolute atomic E-state index is 0.304. The first kappa shape index (κ1) is 20.7. The summed E-state index contributed by atoms with van der Waals surface area (Å²) in [6.45, 7) is 8.64. The van der Waals surface area contributed by atoms with Gasteiger partial charge in [0.05, 0.1) is 22.6 Å². The highest BCUT2D eigenvalue weighted by Crippen LogP contribution is 2.38. The van der Waals surface area contributed by atoms with Crippen LogP contribution in [0.5, 0.6) is 5.75 Å². The number of H-pyrrole nitrogens is 1. The molecule has 30 heavy (non-hydrogen) atoms. The summed E-state index contributed by atoms with van der Waals surface area (Å²) in [5, 5.41) is 0.874. The first-order chi connectivity index (χ1) is 14.4. The molecule has 1 N–H and O–H groups in total. The maximum absolute atomic E-state index is 13.6. The van der Waals surface area contributed by atoms with E-state index in [0.717, 1.165) is 41.9 Å². The standard InChI is InChI=1S/C24H28N2O3S/c1-4-29-19-10-11-22-21(13-19)24(26-15-17(2)12-18(3)16-26)23(14-25-22)30(27,28)20-8-6-5-7-9-20/h5-11,13-14,17-18H,4,12,15-16H2,1-3H3/p+1/t17-,18-/m0/s1. The number of hydrogen-bond donors (Lipinski definition) is 0. The molecule has 6 heteroatoms. The van der Waals surface area contributed by atoms with E-state index in [9.17, 15) is 8.42 Å². The molecule has 5 nitrogen and oxygen atoms in total. The fraction of sp³-hybridized carbons (Fsp3) is 0.375. The van der Waals surface area contributed by atoms with Crippen molar-refractivity contribution in [2.75, 3.05) is 24.6 Å². The first-order valence-corrected chi connectivity index (χ1v) is 12.0. The van der Waals surface area contributed by atoms with Gasteiger partial charge in [-0.1, -0.05) is 32.0 Å².